The van der Waals surface area contributed by atoms with Crippen molar-refractivity contribution in [1.82, 2.24) is 10.3 Å². The van der Waals surface area contributed by atoms with Crippen LogP contribution in [-0.2, 0) is 11.2 Å². The number of carbonyl (C=O) groups excluding carboxylic acids is 2. The number of fused-ring (bicyclic) bond motifs is 1. The second-order valence-corrected chi connectivity index (χ2v) is 8.63. The van der Waals surface area contributed by atoms with Crippen LogP contribution < -0.4 is 16.4 Å². The molecule has 1 aliphatic heterocycles. The van der Waals surface area contributed by atoms with Crippen LogP contribution in [0.2, 0.25) is 0 Å². The Labute approximate surface area is 183 Å². The molecule has 1 aliphatic rings. The van der Waals surface area contributed by atoms with Gasteiger partial charge in [0.1, 0.15) is 11.6 Å². The number of hydrogen-bond acceptors (Lipinski definition) is 5. The third-order valence-electron chi connectivity index (χ3n) is 5.35. The van der Waals surface area contributed by atoms with E-state index in [1.807, 2.05) is 25.1 Å². The molecule has 3 heterocycles. The largest absolute Gasteiger partial charge is 0.348 e. The number of anilines is 1. The van der Waals surface area contributed by atoms with Crippen molar-refractivity contribution in [3.63, 3.8) is 0 Å². The number of nitrogens with zero attached hydrogens (tertiary/aromatic N) is 1. The van der Waals surface area contributed by atoms with E-state index in [1.165, 1.54) is 23.5 Å². The summed E-state index contributed by atoms with van der Waals surface area (Å²) >= 11 is 1.47. The van der Waals surface area contributed by atoms with Gasteiger partial charge >= 0.3 is 0 Å². The molecule has 4 rings (SSSR count). The maximum Gasteiger partial charge on any atom is 0.252 e. The predicted octanol–water partition coefficient (Wildman–Crippen LogP) is 3.69. The zero-order valence-corrected chi connectivity index (χ0v) is 17.8. The van der Waals surface area contributed by atoms with Gasteiger partial charge < -0.3 is 16.4 Å². The summed E-state index contributed by atoms with van der Waals surface area (Å²) in [5.41, 5.74) is 9.11. The number of nitrogens with one attached hydrogen (secondary N) is 2. The van der Waals surface area contributed by atoms with Crippen molar-refractivity contribution in [1.29, 1.82) is 0 Å². The number of hydrogen-bond donors (Lipinski definition) is 3. The number of pyridine rings is 1. The maximum absolute atomic E-state index is 13.4. The summed E-state index contributed by atoms with van der Waals surface area (Å²) in [6.07, 6.45) is 2.52. The van der Waals surface area contributed by atoms with E-state index in [0.717, 1.165) is 21.6 Å². The van der Waals surface area contributed by atoms with E-state index in [2.05, 4.69) is 15.6 Å². The van der Waals surface area contributed by atoms with Crippen molar-refractivity contribution in [2.24, 2.45) is 5.73 Å². The second kappa shape index (κ2) is 8.95. The molecule has 0 aliphatic carbocycles. The molecule has 6 nitrogen and oxygen atoms in total. The first-order chi connectivity index (χ1) is 14.9. The number of thiophene rings is 1. The fraction of sp³-hybridized carbons (Fsp3) is 0.261. The molecule has 160 valence electrons. The van der Waals surface area contributed by atoms with E-state index in [4.69, 9.17) is 5.73 Å². The fourth-order valence-corrected chi connectivity index (χ4v) is 4.79. The number of aromatic nitrogens is 1. The quantitative estimate of drug-likeness (QED) is 0.547. The van der Waals surface area contributed by atoms with E-state index < -0.39 is 0 Å². The number of benzene rings is 1. The lowest BCUT2D eigenvalue weighted by Gasteiger charge is -2.23. The number of amides is 2. The molecule has 2 atom stereocenters. The Morgan fingerprint density at radius 1 is 1.39 bits per heavy atom. The third kappa shape index (κ3) is 4.65. The molecular formula is C23H23FN4O2S. The van der Waals surface area contributed by atoms with Crippen LogP contribution in [0.3, 0.4) is 0 Å². The highest BCUT2D eigenvalue weighted by Gasteiger charge is 2.26. The molecule has 0 spiro atoms. The molecule has 0 bridgehead atoms. The summed E-state index contributed by atoms with van der Waals surface area (Å²) in [7, 11) is 0. The van der Waals surface area contributed by atoms with E-state index in [-0.39, 0.29) is 36.1 Å². The van der Waals surface area contributed by atoms with Crippen molar-refractivity contribution in [3.05, 3.63) is 70.5 Å². The average molecular weight is 439 g/mol. The Bertz CT molecular complexity index is 1130. The van der Waals surface area contributed by atoms with Gasteiger partial charge in [-0.1, -0.05) is 19.1 Å². The van der Waals surface area contributed by atoms with Crippen molar-refractivity contribution >= 4 is 29.0 Å². The van der Waals surface area contributed by atoms with Gasteiger partial charge in [0.2, 0.25) is 5.91 Å². The van der Waals surface area contributed by atoms with Gasteiger partial charge in [-0.2, -0.15) is 0 Å². The minimum atomic E-state index is -0.312. The van der Waals surface area contributed by atoms with Gasteiger partial charge in [0.25, 0.3) is 5.91 Å². The van der Waals surface area contributed by atoms with Gasteiger partial charge in [0.15, 0.2) is 0 Å². The number of carbonyl (C=O) groups is 2. The van der Waals surface area contributed by atoms with E-state index in [1.54, 1.807) is 17.6 Å². The monoisotopic (exact) mass is 438 g/mol. The van der Waals surface area contributed by atoms with Gasteiger partial charge in [-0.25, -0.2) is 9.37 Å². The number of halogens is 1. The molecular weight excluding hydrogens is 415 g/mol. The predicted molar refractivity (Wildman–Crippen MR) is 120 cm³/mol. The standard InChI is InChI=1S/C23H23FN4O2S/c1-13-7-20(29)28-22-21(13)18(5-6-26-22)19-10-15(12-31-19)23(30)27-17(11-25)9-14-3-2-4-16(24)8-14/h2-6,8,10,12-13,17H,7,9,11,25H2,1H3,(H,27,30)(H,26,28,29)/t13-,17?/m0/s1. The molecule has 1 aromatic carbocycles. The summed E-state index contributed by atoms with van der Waals surface area (Å²) in [6, 6.07) is 9.74. The lowest BCUT2D eigenvalue weighted by Crippen LogP contribution is -2.41. The van der Waals surface area contributed by atoms with Gasteiger partial charge in [-0.15, -0.1) is 11.3 Å². The lowest BCUT2D eigenvalue weighted by atomic mass is 9.90. The van der Waals surface area contributed by atoms with Crippen LogP contribution in [0.1, 0.15) is 40.7 Å². The topological polar surface area (TPSA) is 97.1 Å². The smallest absolute Gasteiger partial charge is 0.252 e. The maximum atomic E-state index is 13.4. The molecule has 1 unspecified atom stereocenters. The third-order valence-corrected chi connectivity index (χ3v) is 6.31. The molecule has 4 N–H and O–H groups in total. The van der Waals surface area contributed by atoms with Gasteiger partial charge in [-0.05, 0) is 42.2 Å². The molecule has 8 heteroatoms. The molecule has 31 heavy (non-hydrogen) atoms. The van der Waals surface area contributed by atoms with Crippen molar-refractivity contribution < 1.29 is 14.0 Å². The first-order valence-electron chi connectivity index (χ1n) is 10.1. The molecule has 0 saturated carbocycles. The minimum absolute atomic E-state index is 0.0398. The first kappa shape index (κ1) is 21.1. The second-order valence-electron chi connectivity index (χ2n) is 7.71. The van der Waals surface area contributed by atoms with Crippen LogP contribution in [0.15, 0.2) is 48.0 Å². The zero-order valence-electron chi connectivity index (χ0n) is 17.0. The first-order valence-corrected chi connectivity index (χ1v) is 11.0. The summed E-state index contributed by atoms with van der Waals surface area (Å²) in [4.78, 5) is 29.9. The number of rotatable bonds is 6. The Hall–Kier alpha value is -3.10. The van der Waals surface area contributed by atoms with Crippen LogP contribution in [0.5, 0.6) is 0 Å². The average Bonchev–Trinajstić information content (AvgIpc) is 3.23. The molecule has 2 aromatic heterocycles. The van der Waals surface area contributed by atoms with Gasteiger partial charge in [0.05, 0.1) is 5.56 Å². The zero-order chi connectivity index (χ0) is 22.0. The Morgan fingerprint density at radius 2 is 2.23 bits per heavy atom. The Kier molecular flexibility index (Phi) is 6.11. The van der Waals surface area contributed by atoms with Crippen LogP contribution in [0.4, 0.5) is 10.2 Å². The summed E-state index contributed by atoms with van der Waals surface area (Å²) < 4.78 is 13.4. The summed E-state index contributed by atoms with van der Waals surface area (Å²) in [6.45, 7) is 2.25. The lowest BCUT2D eigenvalue weighted by molar-refractivity contribution is -0.116. The van der Waals surface area contributed by atoms with E-state index >= 15 is 0 Å². The van der Waals surface area contributed by atoms with Crippen LogP contribution >= 0.6 is 11.3 Å². The van der Waals surface area contributed by atoms with Crippen molar-refractivity contribution in [2.75, 3.05) is 11.9 Å². The molecule has 2 amide bonds. The molecule has 0 saturated heterocycles. The highest BCUT2D eigenvalue weighted by atomic mass is 32.1. The minimum Gasteiger partial charge on any atom is -0.348 e. The Morgan fingerprint density at radius 3 is 3.00 bits per heavy atom. The summed E-state index contributed by atoms with van der Waals surface area (Å²) in [5.74, 6) is 0.0486. The molecule has 3 aromatic rings. The van der Waals surface area contributed by atoms with E-state index in [9.17, 15) is 14.0 Å². The Balaban J connectivity index is 1.52. The van der Waals surface area contributed by atoms with Crippen molar-refractivity contribution in [3.8, 4) is 10.4 Å². The van der Waals surface area contributed by atoms with Crippen LogP contribution in [-0.4, -0.2) is 29.4 Å². The SMILES string of the molecule is C[C@H]1CC(=O)Nc2nccc(-c3cc(C(=O)NC(CN)Cc4cccc(F)c4)cs3)c21. The molecule has 0 fully saturated rings. The highest BCUT2D eigenvalue weighted by Crippen LogP contribution is 2.40. The van der Waals surface area contributed by atoms with Gasteiger partial charge in [0, 0.05) is 46.6 Å². The van der Waals surface area contributed by atoms with E-state index in [0.29, 0.717) is 24.2 Å². The fourth-order valence-electron chi connectivity index (χ4n) is 3.86. The van der Waals surface area contributed by atoms with Gasteiger partial charge in [-0.3, -0.25) is 9.59 Å². The van der Waals surface area contributed by atoms with Crippen molar-refractivity contribution in [2.45, 2.75) is 31.7 Å². The number of nitrogens with two attached hydrogens (primary N) is 1. The molecule has 0 radical (unpaired) electrons. The summed E-state index contributed by atoms with van der Waals surface area (Å²) in [5, 5.41) is 7.57. The van der Waals surface area contributed by atoms with Crippen LogP contribution in [0, 0.1) is 5.82 Å². The highest BCUT2D eigenvalue weighted by molar-refractivity contribution is 7.13. The normalized spacial score (nSPS) is 16.4. The van der Waals surface area contributed by atoms with Crippen LogP contribution in [0.25, 0.3) is 10.4 Å².